The van der Waals surface area contributed by atoms with Crippen LogP contribution < -0.4 is 70.8 Å². The van der Waals surface area contributed by atoms with Crippen molar-refractivity contribution in [1.29, 1.82) is 0 Å². The number of H-pyrrole nitrogens is 1. The molecule has 2 rings (SSSR count). The van der Waals surface area contributed by atoms with Crippen LogP contribution in [0.15, 0.2) is 41.8 Å². The van der Waals surface area contributed by atoms with E-state index < -0.39 is 158 Å². The molecule has 0 saturated heterocycles. The zero-order valence-electron chi connectivity index (χ0n) is 49.6. The lowest BCUT2D eigenvalue weighted by Gasteiger charge is -2.29. The topological polar surface area (TPSA) is 548 Å². The first-order valence-corrected chi connectivity index (χ1v) is 31.2. The number of phosphoric acid groups is 1. The molecular formula is C52H87N16O17PS. The summed E-state index contributed by atoms with van der Waals surface area (Å²) in [5, 5.41) is 42.8. The maximum absolute atomic E-state index is 14.4. The highest BCUT2D eigenvalue weighted by Crippen LogP contribution is 2.35. The fourth-order valence-electron chi connectivity index (χ4n) is 8.06. The number of Topliss-reactive ketones (excluding diaryl/α,β-unsaturated/α-hetero) is 1. The number of benzene rings is 1. The number of aromatic nitrogens is 2. The minimum Gasteiger partial charge on any atom is -0.508 e. The number of phosphoric ester groups is 1. The first kappa shape index (κ1) is 75.6. The zero-order valence-corrected chi connectivity index (χ0v) is 51.3. The van der Waals surface area contributed by atoms with Crippen molar-refractivity contribution in [3.8, 4) is 5.75 Å². The van der Waals surface area contributed by atoms with Crippen LogP contribution in [-0.2, 0) is 80.7 Å². The number of phenolic OH excluding ortho intramolecular Hbond substituents is 1. The summed E-state index contributed by atoms with van der Waals surface area (Å²) in [5.41, 5.74) is 23.6. The van der Waals surface area contributed by atoms with Gasteiger partial charge in [-0.2, -0.15) is 0 Å². The average Bonchev–Trinajstić information content (AvgIpc) is 3.24. The summed E-state index contributed by atoms with van der Waals surface area (Å²) in [5.74, 6) is -10.8. The molecule has 1 aromatic carbocycles. The number of nitrogens with one attached hydrogen (secondary N) is 10. The molecule has 35 heteroatoms. The van der Waals surface area contributed by atoms with E-state index >= 15 is 0 Å². The van der Waals surface area contributed by atoms with E-state index in [0.717, 1.165) is 6.92 Å². The van der Waals surface area contributed by atoms with E-state index in [4.69, 9.17) is 22.9 Å². The van der Waals surface area contributed by atoms with Crippen LogP contribution in [0.25, 0.3) is 0 Å². The van der Waals surface area contributed by atoms with Crippen LogP contribution in [0.2, 0.25) is 0 Å². The summed E-state index contributed by atoms with van der Waals surface area (Å²) in [7, 11) is -6.70. The Morgan fingerprint density at radius 2 is 1.21 bits per heavy atom. The Kier molecular flexibility index (Phi) is 33.6. The molecule has 87 heavy (non-hydrogen) atoms. The Hall–Kier alpha value is -7.46. The van der Waals surface area contributed by atoms with Gasteiger partial charge in [0.1, 0.15) is 59.9 Å². The number of unbranched alkanes of at least 4 members (excludes halogenated alkanes) is 1. The van der Waals surface area contributed by atoms with Crippen LogP contribution in [-0.4, -0.2) is 198 Å². The van der Waals surface area contributed by atoms with Gasteiger partial charge < -0.3 is 95.8 Å². The van der Waals surface area contributed by atoms with Crippen LogP contribution in [0.1, 0.15) is 90.8 Å². The first-order chi connectivity index (χ1) is 40.9. The van der Waals surface area contributed by atoms with E-state index in [9.17, 15) is 76.7 Å². The second-order valence-corrected chi connectivity index (χ2v) is 23.7. The van der Waals surface area contributed by atoms with Gasteiger partial charge in [-0.05, 0) is 81.5 Å². The molecule has 0 fully saturated rings. The van der Waals surface area contributed by atoms with Crippen molar-refractivity contribution in [2.75, 3.05) is 44.9 Å². The van der Waals surface area contributed by atoms with Gasteiger partial charge >= 0.3 is 7.82 Å². The molecule has 11 atom stereocenters. The Morgan fingerprint density at radius 3 is 1.71 bits per heavy atom. The summed E-state index contributed by atoms with van der Waals surface area (Å²) < 4.78 is 28.4. The number of aliphatic hydroxyl groups excluding tert-OH is 1. The monoisotopic (exact) mass is 1270 g/mol. The molecule has 0 radical (unpaired) electrons. The van der Waals surface area contributed by atoms with E-state index in [-0.39, 0.29) is 81.4 Å². The highest BCUT2D eigenvalue weighted by Gasteiger charge is 2.37. The number of aromatic amines is 1. The Balaban J connectivity index is 2.51. The van der Waals surface area contributed by atoms with Crippen LogP contribution in [0, 0.1) is 11.8 Å². The standard InChI is InChI=1S/C52H87N16O17PS/c1-7-29(4)41(54)50(79)64-38(22-32-24-57-27-60-32)48(77)63-36(17-20-87(6)84)46(75)68-42(28(2)3)51(80)65-37(21-31-13-15-33(71)16-14-31)47(76)66-39(25-69)49(78)62-34(11-8-9-18-53)44(73)61-35(12-10-19-58-52(55)56)45(74)67-40(26-85-86(81,82)83)43(72)59-23-30(5)70/h13-16,24,27-29,34-42,69,71H,7-12,17-23,25-26,53-54H2,1-6H3,(H,57,60)(H,59,72)(H,61,73)(H,62,78)(H,63,77)(H,64,79)(H,65,80)(H,66,76)(H,67,74)(H,68,75)(H4,55,56,58)(H2,81,82,83)/t29-,34-,35+,36-,37-,38+,39-,40-,41-,42-,87?/m0/s1. The average molecular weight is 1270 g/mol. The number of amides is 9. The Bertz CT molecular complexity index is 2700. The van der Waals surface area contributed by atoms with Crippen molar-refractivity contribution in [3.05, 3.63) is 48.0 Å². The second kappa shape index (κ2) is 38.6. The van der Waals surface area contributed by atoms with Crippen molar-refractivity contribution in [3.63, 3.8) is 0 Å². The first-order valence-electron chi connectivity index (χ1n) is 28.0. The molecule has 0 aliphatic heterocycles. The predicted octanol–water partition coefficient (Wildman–Crippen LogP) is -5.43. The number of carbonyl (C=O) groups excluding carboxylic acids is 10. The molecule has 1 aromatic heterocycles. The molecule has 33 nitrogen and oxygen atoms in total. The van der Waals surface area contributed by atoms with Gasteiger partial charge in [0.2, 0.25) is 53.2 Å². The fraction of sp³-hybridized carbons (Fsp3) is 0.615. The lowest BCUT2D eigenvalue weighted by atomic mass is 9.98. The number of hydrogen-bond acceptors (Lipinski definition) is 19. The van der Waals surface area contributed by atoms with Crippen LogP contribution >= 0.6 is 7.82 Å². The van der Waals surface area contributed by atoms with E-state index in [1.165, 1.54) is 43.0 Å². The third-order valence-corrected chi connectivity index (χ3v) is 14.6. The molecule has 2 aromatic rings. The lowest BCUT2D eigenvalue weighted by Crippen LogP contribution is -2.62. The SMILES string of the molecule is CC[C@H](C)[C@H](N)C(=O)N[C@H](Cc1cnc[nH]1)C(=O)N[C@@H](CCS(C)=O)C(=O)N[C@H](C(=O)N[C@@H](Cc1ccc(O)cc1)C(=O)N[C@@H](CO)C(=O)N[C@@H](CCCCN)C(=O)N[C@H](CCCN=C(N)N)C(=O)N[C@@H](COP(=O)(O)O)C(=O)NCC(C)=O)C(C)C. The number of nitrogens with two attached hydrogens (primary N) is 4. The molecule has 22 N–H and O–H groups in total. The molecule has 0 bridgehead atoms. The highest BCUT2D eigenvalue weighted by atomic mass is 32.2. The largest absolute Gasteiger partial charge is 0.508 e. The lowest BCUT2D eigenvalue weighted by molar-refractivity contribution is -0.136. The molecule has 1 unspecified atom stereocenters. The van der Waals surface area contributed by atoms with Crippen molar-refractivity contribution < 1.29 is 81.2 Å². The molecule has 488 valence electrons. The number of imidazole rings is 1. The van der Waals surface area contributed by atoms with Crippen molar-refractivity contribution in [1.82, 2.24) is 57.8 Å². The minimum atomic E-state index is -5.22. The van der Waals surface area contributed by atoms with E-state index in [0.29, 0.717) is 24.1 Å². The third-order valence-electron chi connectivity index (χ3n) is 13.3. The summed E-state index contributed by atoms with van der Waals surface area (Å²) >= 11 is 0. The number of guanidine groups is 1. The Labute approximate surface area is 506 Å². The molecule has 0 spiro atoms. The maximum atomic E-state index is 14.4. The van der Waals surface area contributed by atoms with E-state index in [2.05, 4.69) is 67.3 Å². The molecule has 0 aliphatic rings. The smallest absolute Gasteiger partial charge is 0.469 e. The Morgan fingerprint density at radius 1 is 0.701 bits per heavy atom. The number of ketones is 1. The maximum Gasteiger partial charge on any atom is 0.469 e. The van der Waals surface area contributed by atoms with Crippen molar-refractivity contribution in [2.45, 2.75) is 147 Å². The van der Waals surface area contributed by atoms with Gasteiger partial charge in [-0.1, -0.05) is 46.2 Å². The van der Waals surface area contributed by atoms with Gasteiger partial charge in [-0.25, -0.2) is 9.55 Å². The summed E-state index contributed by atoms with van der Waals surface area (Å²) in [6, 6.07) is -8.07. The van der Waals surface area contributed by atoms with Crippen LogP contribution in [0.3, 0.4) is 0 Å². The van der Waals surface area contributed by atoms with Gasteiger partial charge in [-0.3, -0.25) is 61.7 Å². The van der Waals surface area contributed by atoms with Gasteiger partial charge in [0.15, 0.2) is 5.96 Å². The highest BCUT2D eigenvalue weighted by molar-refractivity contribution is 7.84. The van der Waals surface area contributed by atoms with E-state index in [1.807, 2.05) is 6.92 Å². The number of rotatable bonds is 41. The second-order valence-electron chi connectivity index (χ2n) is 20.9. The molecule has 0 saturated carbocycles. The number of nitrogens with zero attached hydrogens (tertiary/aromatic N) is 2. The van der Waals surface area contributed by atoms with Crippen molar-refractivity contribution >= 4 is 83.5 Å². The minimum absolute atomic E-state index is 0.0115. The number of aromatic hydroxyl groups is 1. The number of phenols is 1. The van der Waals surface area contributed by atoms with Gasteiger partial charge in [-0.15, -0.1) is 0 Å². The molecule has 9 amide bonds. The molecule has 0 aliphatic carbocycles. The van der Waals surface area contributed by atoms with Gasteiger partial charge in [0.25, 0.3) is 0 Å². The van der Waals surface area contributed by atoms with Gasteiger partial charge in [0.05, 0.1) is 32.1 Å². The van der Waals surface area contributed by atoms with Crippen LogP contribution in [0.4, 0.5) is 0 Å². The third kappa shape index (κ3) is 29.2. The van der Waals surface area contributed by atoms with E-state index in [1.54, 1.807) is 20.8 Å². The summed E-state index contributed by atoms with van der Waals surface area (Å²) in [6.45, 7) is 5.24. The predicted molar refractivity (Wildman–Crippen MR) is 317 cm³/mol. The fourth-order valence-corrected chi connectivity index (χ4v) is 8.98. The number of hydrogen-bond donors (Lipinski definition) is 18. The molecule has 1 heterocycles. The number of aliphatic hydroxyl groups is 1. The van der Waals surface area contributed by atoms with Crippen molar-refractivity contribution in [2.24, 2.45) is 39.8 Å². The van der Waals surface area contributed by atoms with Gasteiger partial charge in [0, 0.05) is 54.1 Å². The van der Waals surface area contributed by atoms with Crippen LogP contribution in [0.5, 0.6) is 5.75 Å². The molecular weight excluding hydrogens is 1180 g/mol. The normalized spacial score (nSPS) is 15.2. The number of aliphatic imine (C=N–C) groups is 1. The summed E-state index contributed by atoms with van der Waals surface area (Å²) in [6.07, 6.45) is 4.27. The number of carbonyl (C=O) groups is 10. The zero-order chi connectivity index (χ0) is 65.6. The quantitative estimate of drug-likeness (QED) is 0.0128. The summed E-state index contributed by atoms with van der Waals surface area (Å²) in [4.78, 5) is 166.